The predicted octanol–water partition coefficient (Wildman–Crippen LogP) is 0.738. The van der Waals surface area contributed by atoms with E-state index in [9.17, 15) is 0 Å². The van der Waals surface area contributed by atoms with E-state index in [4.69, 9.17) is 4.57 Å². The molecule has 0 aromatic carbocycles. The van der Waals surface area contributed by atoms with Crippen molar-refractivity contribution >= 4 is 27.9 Å². The molecule has 0 saturated heterocycles. The first kappa shape index (κ1) is 4.67. The van der Waals surface area contributed by atoms with Gasteiger partial charge in [-0.2, -0.15) is 0 Å². The van der Waals surface area contributed by atoms with Crippen molar-refractivity contribution in [2.24, 2.45) is 0 Å². The first-order chi connectivity index (χ1) is 1.91. The molecule has 0 atom stereocenters. The molecule has 0 aliphatic carbocycles. The molecule has 0 rings (SSSR count). The Bertz CT molecular complexity index is 56.1. The van der Waals surface area contributed by atoms with E-state index in [2.05, 4.69) is 11.2 Å². The minimum absolute atomic E-state index is 0.0201. The summed E-state index contributed by atoms with van der Waals surface area (Å²) in [6, 6.07) is 0. The van der Waals surface area contributed by atoms with Crippen molar-refractivity contribution in [2.45, 2.75) is 0 Å². The van der Waals surface area contributed by atoms with Gasteiger partial charge in [-0.05, 0) is 0 Å². The number of rotatable bonds is 0. The van der Waals surface area contributed by atoms with E-state index in [0.29, 0.717) is 0 Å². The van der Waals surface area contributed by atoms with Crippen LogP contribution in [0.1, 0.15) is 0 Å². The second-order valence-corrected chi connectivity index (χ2v) is 2.68. The van der Waals surface area contributed by atoms with Crippen molar-refractivity contribution in [3.05, 3.63) is 0 Å². The van der Waals surface area contributed by atoms with Gasteiger partial charge in [0.25, 0.3) is 0 Å². The average molecular weight is 111 g/mol. The molecule has 0 radical (unpaired) electrons. The Morgan fingerprint density at radius 1 is 2.00 bits per heavy atom. The molecule has 0 saturated carbocycles. The molecule has 0 amide bonds. The van der Waals surface area contributed by atoms with Gasteiger partial charge in [0.1, 0.15) is 0 Å². The van der Waals surface area contributed by atoms with Crippen LogP contribution >= 0.6 is 7.24 Å². The van der Waals surface area contributed by atoms with Gasteiger partial charge >= 0.3 is 32.5 Å². The summed E-state index contributed by atoms with van der Waals surface area (Å²) in [7, 11) is 0.836. The van der Waals surface area contributed by atoms with E-state index in [1.54, 1.807) is 0 Å². The van der Waals surface area contributed by atoms with Crippen LogP contribution in [-0.2, 0) is 25.3 Å². The van der Waals surface area contributed by atoms with E-state index in [1.807, 2.05) is 0 Å². The molecule has 0 unspecified atom stereocenters. The zero-order chi connectivity index (χ0) is 3.41. The van der Waals surface area contributed by atoms with Crippen LogP contribution in [0.25, 0.3) is 0 Å². The minimum atomic E-state index is -0.0201. The first-order valence-electron chi connectivity index (χ1n) is 0.532. The third-order valence-corrected chi connectivity index (χ3v) is 0.822. The molecule has 0 heterocycles. The molecule has 4 heavy (non-hydrogen) atoms. The molecule has 0 bridgehead atoms. The van der Waals surface area contributed by atoms with E-state index in [1.165, 1.54) is 0 Å². The van der Waals surface area contributed by atoms with Crippen molar-refractivity contribution in [1.82, 2.24) is 0 Å². The van der Waals surface area contributed by atoms with E-state index in [-0.39, 0.29) is 7.24 Å². The predicted molar refractivity (Wildman–Crippen MR) is 22.3 cm³/mol. The molecule has 22 valence electrons. The van der Waals surface area contributed by atoms with Gasteiger partial charge in [-0.3, -0.25) is 0 Å². The Hall–Kier alpha value is 0.670. The third kappa shape index (κ3) is 2.67. The van der Waals surface area contributed by atoms with Gasteiger partial charge in [-0.25, -0.2) is 0 Å². The molecule has 0 aliphatic heterocycles. The Morgan fingerprint density at radius 2 is 2.25 bits per heavy atom. The van der Waals surface area contributed by atoms with Crippen molar-refractivity contribution < 1.29 is 4.57 Å². The van der Waals surface area contributed by atoms with Gasteiger partial charge in [0, 0.05) is 0 Å². The van der Waals surface area contributed by atoms with Gasteiger partial charge in [0.2, 0.25) is 0 Å². The summed E-state index contributed by atoms with van der Waals surface area (Å²) in [5, 5.41) is 0. The van der Waals surface area contributed by atoms with Crippen LogP contribution in [0, 0.1) is 0 Å². The Balaban J connectivity index is 3.95. The van der Waals surface area contributed by atoms with Crippen LogP contribution in [0.2, 0.25) is 0 Å². The summed E-state index contributed by atoms with van der Waals surface area (Å²) >= 11 is 4.15. The summed E-state index contributed by atoms with van der Waals surface area (Å²) in [6.45, 7) is 0. The Morgan fingerprint density at radius 3 is 2.25 bits per heavy atom. The molecule has 4 heteroatoms. The topological polar surface area (TPSA) is 17.1 Å². The van der Waals surface area contributed by atoms with Crippen molar-refractivity contribution in [2.75, 3.05) is 0 Å². The van der Waals surface area contributed by atoms with Crippen molar-refractivity contribution in [1.29, 1.82) is 0 Å². The van der Waals surface area contributed by atoms with Gasteiger partial charge < -0.3 is 0 Å². The fourth-order valence-electron chi connectivity index (χ4n) is 0. The fourth-order valence-corrected chi connectivity index (χ4v) is 0. The van der Waals surface area contributed by atoms with Crippen LogP contribution in [-0.4, -0.2) is 0 Å². The number of hydrogen-bond donors (Lipinski definition) is 0. The summed E-state index contributed by atoms with van der Waals surface area (Å²) < 4.78 is 9.13. The Kier molecular flexibility index (Phi) is 4.28. The number of hydrogen-bond acceptors (Lipinski definition) is 2. The molecule has 0 N–H and O–H groups in total. The average Bonchev–Trinajstić information content (AvgIpc) is 1.37. The third-order valence-electron chi connectivity index (χ3n) is 0.0304. The summed E-state index contributed by atoms with van der Waals surface area (Å²) in [5.74, 6) is 0. The van der Waals surface area contributed by atoms with Crippen molar-refractivity contribution in [3.8, 4) is 0 Å². The van der Waals surface area contributed by atoms with Crippen LogP contribution in [0.15, 0.2) is 0 Å². The molecule has 0 aromatic rings. The van der Waals surface area contributed by atoms with E-state index < -0.39 is 0 Å². The van der Waals surface area contributed by atoms with Gasteiger partial charge in [-0.1, -0.05) is 0 Å². The molecule has 0 aromatic heterocycles. The molecule has 1 nitrogen and oxygen atoms in total. The van der Waals surface area contributed by atoms with Crippen LogP contribution in [0.5, 0.6) is 0 Å². The molecule has 0 aliphatic rings. The Labute approximate surface area is 33.1 Å². The summed E-state index contributed by atoms with van der Waals surface area (Å²) in [6.07, 6.45) is 0. The first-order valence-corrected chi connectivity index (χ1v) is 3.69. The van der Waals surface area contributed by atoms with Crippen molar-refractivity contribution in [3.63, 3.8) is 0 Å². The standard InChI is InChI=1S/OPS2/c1-2-4-3/q+1. The quantitative estimate of drug-likeness (QED) is 0.429. The van der Waals surface area contributed by atoms with E-state index >= 15 is 0 Å². The zero-order valence-electron chi connectivity index (χ0n) is 1.67. The van der Waals surface area contributed by atoms with Gasteiger partial charge in [-0.15, -0.1) is 0 Å². The SMILES string of the molecule is O=[P+]=S=S. The summed E-state index contributed by atoms with van der Waals surface area (Å²) in [5.41, 5.74) is 0. The normalized spacial score (nSPS) is 5.00. The fraction of sp³-hybridized carbons (Fsp3) is 0. The monoisotopic (exact) mass is 111 g/mol. The molecular formula is OPS2+. The molecule has 0 spiro atoms. The second kappa shape index (κ2) is 3.67. The van der Waals surface area contributed by atoms with Gasteiger partial charge in [0.15, 0.2) is 0 Å². The van der Waals surface area contributed by atoms with Crippen LogP contribution < -0.4 is 0 Å². The van der Waals surface area contributed by atoms with Crippen LogP contribution in [0.4, 0.5) is 0 Å². The summed E-state index contributed by atoms with van der Waals surface area (Å²) in [4.78, 5) is 0. The van der Waals surface area contributed by atoms with Gasteiger partial charge in [0.05, 0.1) is 0 Å². The maximum absolute atomic E-state index is 9.13. The molecule has 0 fully saturated rings. The zero-order valence-corrected chi connectivity index (χ0v) is 4.20. The molecular weight excluding hydrogens is 111 g/mol. The second-order valence-electron chi connectivity index (χ2n) is 0.149. The maximum atomic E-state index is 9.13. The van der Waals surface area contributed by atoms with Crippen LogP contribution in [0.3, 0.4) is 0 Å². The van der Waals surface area contributed by atoms with E-state index in [0.717, 1.165) is 9.50 Å².